The average Bonchev–Trinajstić information content (AvgIpc) is 3.04. The summed E-state index contributed by atoms with van der Waals surface area (Å²) in [6.45, 7) is 0.965. The van der Waals surface area contributed by atoms with Gasteiger partial charge in [0.15, 0.2) is 5.82 Å². The number of fused-ring (bicyclic) bond motifs is 1. The first kappa shape index (κ1) is 19.7. The molecule has 1 unspecified atom stereocenters. The van der Waals surface area contributed by atoms with Crippen molar-refractivity contribution in [1.29, 1.82) is 0 Å². The van der Waals surface area contributed by atoms with Gasteiger partial charge in [0.1, 0.15) is 11.3 Å². The summed E-state index contributed by atoms with van der Waals surface area (Å²) >= 11 is 0. The molecule has 0 radical (unpaired) electrons. The number of hydrogen-bond donors (Lipinski definition) is 4. The molecule has 3 rings (SSSR count). The van der Waals surface area contributed by atoms with Crippen molar-refractivity contribution < 1.29 is 23.8 Å². The number of aliphatic hydroxyl groups excluding tert-OH is 2. The number of imidazole rings is 1. The monoisotopic (exact) mass is 390 g/mol. The largest absolute Gasteiger partial charge is 0.394 e. The molecule has 1 amide bonds. The van der Waals surface area contributed by atoms with Gasteiger partial charge in [-0.3, -0.25) is 4.79 Å². The minimum Gasteiger partial charge on any atom is -0.394 e. The number of aryl methyl sites for hydroxylation is 2. The van der Waals surface area contributed by atoms with E-state index in [9.17, 15) is 14.3 Å². The van der Waals surface area contributed by atoms with E-state index in [1.807, 2.05) is 0 Å². The highest BCUT2D eigenvalue weighted by atomic mass is 19.1. The number of amides is 1. The van der Waals surface area contributed by atoms with Gasteiger partial charge >= 0.3 is 0 Å². The molecule has 4 N–H and O–H groups in total. The minimum atomic E-state index is -1.15. The predicted molar refractivity (Wildman–Crippen MR) is 101 cm³/mol. The molecule has 0 aliphatic carbocycles. The Labute approximate surface area is 159 Å². The number of halogens is 2. The zero-order valence-corrected chi connectivity index (χ0v) is 15.3. The SMILES string of the molecule is Cc1ccc(Nc2c(C(=O)NCC(O)CO)cc3c(ncn3C)c2F)c(F)c1. The van der Waals surface area contributed by atoms with E-state index in [0.717, 1.165) is 0 Å². The first-order valence-corrected chi connectivity index (χ1v) is 8.55. The molecule has 0 aliphatic rings. The highest BCUT2D eigenvalue weighted by Gasteiger charge is 2.22. The molecule has 0 spiro atoms. The second kappa shape index (κ2) is 7.91. The highest BCUT2D eigenvalue weighted by Crippen LogP contribution is 2.31. The molecule has 28 heavy (non-hydrogen) atoms. The lowest BCUT2D eigenvalue weighted by molar-refractivity contribution is 0.0802. The van der Waals surface area contributed by atoms with Crippen LogP contribution in [0.4, 0.5) is 20.2 Å². The van der Waals surface area contributed by atoms with Crippen molar-refractivity contribution in [2.75, 3.05) is 18.5 Å². The number of nitrogens with zero attached hydrogens (tertiary/aromatic N) is 2. The molecule has 1 atom stereocenters. The van der Waals surface area contributed by atoms with E-state index in [1.165, 1.54) is 24.5 Å². The Hall–Kier alpha value is -3.04. The van der Waals surface area contributed by atoms with Gasteiger partial charge < -0.3 is 25.4 Å². The van der Waals surface area contributed by atoms with Crippen LogP contribution in [0.15, 0.2) is 30.6 Å². The van der Waals surface area contributed by atoms with Crippen LogP contribution >= 0.6 is 0 Å². The number of carbonyl (C=O) groups is 1. The standard InChI is InChI=1S/C19H20F2N4O3/c1-10-3-4-14(13(20)5-10)24-17-12(19(28)22-7-11(27)8-26)6-15-18(16(17)21)23-9-25(15)2/h3-6,9,11,24,26-27H,7-8H2,1-2H3,(H,22,28). The Kier molecular flexibility index (Phi) is 5.57. The third kappa shape index (κ3) is 3.80. The summed E-state index contributed by atoms with van der Waals surface area (Å²) in [4.78, 5) is 16.6. The van der Waals surface area contributed by atoms with Crippen LogP contribution in [0.25, 0.3) is 11.0 Å². The molecule has 0 saturated heterocycles. The zero-order chi connectivity index (χ0) is 20.4. The van der Waals surface area contributed by atoms with Crippen LogP contribution in [-0.4, -0.2) is 44.9 Å². The van der Waals surface area contributed by atoms with Crippen molar-refractivity contribution in [3.8, 4) is 0 Å². The number of aliphatic hydroxyl groups is 2. The average molecular weight is 390 g/mol. The van der Waals surface area contributed by atoms with E-state index in [0.29, 0.717) is 11.1 Å². The molecule has 1 heterocycles. The lowest BCUT2D eigenvalue weighted by Gasteiger charge is -2.16. The van der Waals surface area contributed by atoms with Gasteiger partial charge in [0.25, 0.3) is 5.91 Å². The summed E-state index contributed by atoms with van der Waals surface area (Å²) in [5.41, 5.74) is 0.789. The summed E-state index contributed by atoms with van der Waals surface area (Å²) < 4.78 is 30.9. The molecule has 7 nitrogen and oxygen atoms in total. The Morgan fingerprint density at radius 1 is 1.32 bits per heavy atom. The fraction of sp³-hybridized carbons (Fsp3) is 0.263. The van der Waals surface area contributed by atoms with Crippen molar-refractivity contribution in [2.45, 2.75) is 13.0 Å². The van der Waals surface area contributed by atoms with Crippen LogP contribution in [0.5, 0.6) is 0 Å². The van der Waals surface area contributed by atoms with E-state index in [4.69, 9.17) is 5.11 Å². The summed E-state index contributed by atoms with van der Waals surface area (Å²) in [6, 6.07) is 5.82. The first-order valence-electron chi connectivity index (χ1n) is 8.55. The lowest BCUT2D eigenvalue weighted by Crippen LogP contribution is -2.34. The second-order valence-corrected chi connectivity index (χ2v) is 6.49. The Morgan fingerprint density at radius 2 is 2.07 bits per heavy atom. The molecule has 3 aromatic rings. The van der Waals surface area contributed by atoms with E-state index >= 15 is 4.39 Å². The fourth-order valence-corrected chi connectivity index (χ4v) is 2.75. The van der Waals surface area contributed by atoms with E-state index in [-0.39, 0.29) is 29.0 Å². The van der Waals surface area contributed by atoms with Gasteiger partial charge in [-0.15, -0.1) is 0 Å². The molecule has 0 fully saturated rings. The van der Waals surface area contributed by atoms with Gasteiger partial charge in [0.2, 0.25) is 0 Å². The lowest BCUT2D eigenvalue weighted by atomic mass is 10.1. The molecular formula is C19H20F2N4O3. The van der Waals surface area contributed by atoms with E-state index < -0.39 is 30.3 Å². The molecule has 1 aromatic heterocycles. The quantitative estimate of drug-likeness (QED) is 0.516. The van der Waals surface area contributed by atoms with Crippen molar-refractivity contribution in [2.24, 2.45) is 7.05 Å². The van der Waals surface area contributed by atoms with Crippen LogP contribution in [-0.2, 0) is 7.05 Å². The highest BCUT2D eigenvalue weighted by molar-refractivity contribution is 6.04. The summed E-state index contributed by atoms with van der Waals surface area (Å²) in [7, 11) is 1.65. The Morgan fingerprint density at radius 3 is 2.75 bits per heavy atom. The first-order chi connectivity index (χ1) is 13.3. The Balaban J connectivity index is 2.07. The molecule has 0 bridgehead atoms. The maximum absolute atomic E-state index is 15.1. The fourth-order valence-electron chi connectivity index (χ4n) is 2.75. The molecule has 148 valence electrons. The maximum Gasteiger partial charge on any atom is 0.253 e. The van der Waals surface area contributed by atoms with Gasteiger partial charge in [-0.1, -0.05) is 6.07 Å². The molecule has 9 heteroatoms. The molecule has 2 aromatic carbocycles. The van der Waals surface area contributed by atoms with E-state index in [2.05, 4.69) is 15.6 Å². The smallest absolute Gasteiger partial charge is 0.253 e. The zero-order valence-electron chi connectivity index (χ0n) is 15.3. The maximum atomic E-state index is 15.1. The summed E-state index contributed by atoms with van der Waals surface area (Å²) in [5.74, 6) is -2.09. The number of hydrogen-bond acceptors (Lipinski definition) is 5. The predicted octanol–water partition coefficient (Wildman–Crippen LogP) is 1.99. The number of aromatic nitrogens is 2. The van der Waals surface area contributed by atoms with Gasteiger partial charge in [-0.2, -0.15) is 0 Å². The van der Waals surface area contributed by atoms with Crippen molar-refractivity contribution in [3.05, 3.63) is 53.4 Å². The third-order valence-electron chi connectivity index (χ3n) is 4.30. The minimum absolute atomic E-state index is 0.00391. The van der Waals surface area contributed by atoms with Crippen LogP contribution in [0, 0.1) is 18.6 Å². The number of nitrogens with one attached hydrogen (secondary N) is 2. The van der Waals surface area contributed by atoms with Crippen molar-refractivity contribution >= 4 is 28.3 Å². The molecule has 0 aliphatic heterocycles. The van der Waals surface area contributed by atoms with Crippen LogP contribution < -0.4 is 10.6 Å². The van der Waals surface area contributed by atoms with Gasteiger partial charge in [0, 0.05) is 13.6 Å². The van der Waals surface area contributed by atoms with Crippen LogP contribution in [0.1, 0.15) is 15.9 Å². The third-order valence-corrected chi connectivity index (χ3v) is 4.30. The number of rotatable bonds is 6. The van der Waals surface area contributed by atoms with Crippen molar-refractivity contribution in [3.63, 3.8) is 0 Å². The number of carbonyl (C=O) groups excluding carboxylic acids is 1. The van der Waals surface area contributed by atoms with Crippen LogP contribution in [0.3, 0.4) is 0 Å². The van der Waals surface area contributed by atoms with E-state index in [1.54, 1.807) is 24.6 Å². The number of anilines is 2. The summed E-state index contributed by atoms with van der Waals surface area (Å²) in [6.07, 6.45) is 0.251. The molecule has 0 saturated carbocycles. The number of benzene rings is 2. The van der Waals surface area contributed by atoms with Gasteiger partial charge in [0.05, 0.1) is 41.5 Å². The van der Waals surface area contributed by atoms with Gasteiger partial charge in [-0.05, 0) is 30.7 Å². The topological polar surface area (TPSA) is 99.4 Å². The second-order valence-electron chi connectivity index (χ2n) is 6.49. The van der Waals surface area contributed by atoms with Crippen LogP contribution in [0.2, 0.25) is 0 Å². The Bertz CT molecular complexity index is 1040. The van der Waals surface area contributed by atoms with Gasteiger partial charge in [-0.25, -0.2) is 13.8 Å². The molecular weight excluding hydrogens is 370 g/mol. The normalized spacial score (nSPS) is 12.2. The van der Waals surface area contributed by atoms with Crippen molar-refractivity contribution in [1.82, 2.24) is 14.9 Å². The summed E-state index contributed by atoms with van der Waals surface area (Å²) in [5, 5.41) is 23.4.